The summed E-state index contributed by atoms with van der Waals surface area (Å²) in [7, 11) is 0. The van der Waals surface area contributed by atoms with Crippen molar-refractivity contribution in [1.82, 2.24) is 15.0 Å². The molecule has 0 amide bonds. The second kappa shape index (κ2) is 7.12. The van der Waals surface area contributed by atoms with Gasteiger partial charge in [-0.15, -0.1) is 0 Å². The molecule has 2 heterocycles. The summed E-state index contributed by atoms with van der Waals surface area (Å²) in [5.41, 5.74) is 8.82. The van der Waals surface area contributed by atoms with Crippen molar-refractivity contribution in [2.75, 3.05) is 35.6 Å². The lowest BCUT2D eigenvalue weighted by Crippen LogP contribution is -2.29. The van der Waals surface area contributed by atoms with Crippen LogP contribution in [0.1, 0.15) is 12.5 Å². The number of fused-ring (bicyclic) bond motifs is 1. The van der Waals surface area contributed by atoms with E-state index in [0.717, 1.165) is 30.8 Å². The number of aryl methyl sites for hydroxylation is 1. The van der Waals surface area contributed by atoms with Gasteiger partial charge in [-0.2, -0.15) is 0 Å². The Bertz CT molecular complexity index is 833. The molecule has 0 saturated heterocycles. The molecule has 6 heteroatoms. The van der Waals surface area contributed by atoms with Gasteiger partial charge in [0, 0.05) is 25.3 Å². The Balaban J connectivity index is 1.69. The summed E-state index contributed by atoms with van der Waals surface area (Å²) in [6.45, 7) is 6.89. The van der Waals surface area contributed by atoms with Crippen LogP contribution in [0.4, 0.5) is 17.3 Å². The summed E-state index contributed by atoms with van der Waals surface area (Å²) in [6, 6.07) is 12.2. The van der Waals surface area contributed by atoms with E-state index in [2.05, 4.69) is 63.3 Å². The van der Waals surface area contributed by atoms with Gasteiger partial charge in [0.05, 0.1) is 5.39 Å². The second-order valence-corrected chi connectivity index (χ2v) is 5.68. The average Bonchev–Trinajstić information content (AvgIpc) is 2.58. The fourth-order valence-electron chi connectivity index (χ4n) is 2.70. The van der Waals surface area contributed by atoms with E-state index in [-0.39, 0.29) is 0 Å². The third kappa shape index (κ3) is 3.53. The van der Waals surface area contributed by atoms with Gasteiger partial charge in [-0.25, -0.2) is 15.0 Å². The highest BCUT2D eigenvalue weighted by Crippen LogP contribution is 2.19. The van der Waals surface area contributed by atoms with Crippen LogP contribution in [0.15, 0.2) is 42.7 Å². The standard InChI is InChI=1S/C18H22N6/c1-3-24(14-6-4-5-13(2)11-14)10-9-20-17-15-7-8-16(19)23-18(15)22-12-21-17/h4-8,11-12H,3,9-10H2,1-2H3,(H3,19,20,21,22,23). The van der Waals surface area contributed by atoms with Crippen LogP contribution in [-0.2, 0) is 0 Å². The van der Waals surface area contributed by atoms with Crippen molar-refractivity contribution in [3.63, 3.8) is 0 Å². The first-order valence-corrected chi connectivity index (χ1v) is 8.10. The normalized spacial score (nSPS) is 10.8. The Morgan fingerprint density at radius 1 is 1.17 bits per heavy atom. The smallest absolute Gasteiger partial charge is 0.166 e. The van der Waals surface area contributed by atoms with Crippen molar-refractivity contribution < 1.29 is 0 Å². The minimum atomic E-state index is 0.462. The van der Waals surface area contributed by atoms with E-state index in [1.54, 1.807) is 6.07 Å². The maximum atomic E-state index is 5.71. The Morgan fingerprint density at radius 3 is 2.83 bits per heavy atom. The Kier molecular flexibility index (Phi) is 4.74. The number of rotatable bonds is 6. The number of benzene rings is 1. The van der Waals surface area contributed by atoms with Crippen LogP contribution in [0.3, 0.4) is 0 Å². The molecule has 0 atom stereocenters. The molecule has 0 aliphatic carbocycles. The van der Waals surface area contributed by atoms with E-state index in [1.165, 1.54) is 17.6 Å². The first kappa shape index (κ1) is 16.0. The molecule has 3 rings (SSSR count). The molecular formula is C18H22N6. The van der Waals surface area contributed by atoms with Gasteiger partial charge in [0.15, 0.2) is 5.65 Å². The highest BCUT2D eigenvalue weighted by molar-refractivity contribution is 5.87. The van der Waals surface area contributed by atoms with E-state index < -0.39 is 0 Å². The van der Waals surface area contributed by atoms with Crippen molar-refractivity contribution in [2.45, 2.75) is 13.8 Å². The van der Waals surface area contributed by atoms with Crippen molar-refractivity contribution >= 4 is 28.4 Å². The molecule has 24 heavy (non-hydrogen) atoms. The van der Waals surface area contributed by atoms with Gasteiger partial charge in [-0.05, 0) is 43.7 Å². The van der Waals surface area contributed by atoms with Crippen LogP contribution in [-0.4, -0.2) is 34.6 Å². The zero-order valence-corrected chi connectivity index (χ0v) is 14.0. The molecule has 1 aromatic carbocycles. The lowest BCUT2D eigenvalue weighted by molar-refractivity contribution is 0.833. The van der Waals surface area contributed by atoms with Gasteiger partial charge in [-0.1, -0.05) is 12.1 Å². The minimum Gasteiger partial charge on any atom is -0.384 e. The van der Waals surface area contributed by atoms with Crippen molar-refractivity contribution in [1.29, 1.82) is 0 Å². The molecule has 0 spiro atoms. The predicted molar refractivity (Wildman–Crippen MR) is 99.3 cm³/mol. The Hall–Kier alpha value is -2.89. The zero-order valence-electron chi connectivity index (χ0n) is 14.0. The number of anilines is 3. The fraction of sp³-hybridized carbons (Fsp3) is 0.278. The summed E-state index contributed by atoms with van der Waals surface area (Å²) < 4.78 is 0. The van der Waals surface area contributed by atoms with Crippen LogP contribution in [0.5, 0.6) is 0 Å². The van der Waals surface area contributed by atoms with Gasteiger partial charge in [0.1, 0.15) is 18.0 Å². The molecule has 3 aromatic rings. The molecule has 0 saturated carbocycles. The maximum Gasteiger partial charge on any atom is 0.166 e. The Morgan fingerprint density at radius 2 is 2.04 bits per heavy atom. The molecule has 124 valence electrons. The first-order valence-electron chi connectivity index (χ1n) is 8.10. The molecular weight excluding hydrogens is 300 g/mol. The van der Waals surface area contributed by atoms with Crippen LogP contribution < -0.4 is 16.0 Å². The van der Waals surface area contributed by atoms with E-state index in [1.807, 2.05) is 6.07 Å². The molecule has 3 N–H and O–H groups in total. The number of hydrogen-bond acceptors (Lipinski definition) is 6. The van der Waals surface area contributed by atoms with Crippen molar-refractivity contribution in [3.8, 4) is 0 Å². The van der Waals surface area contributed by atoms with Crippen molar-refractivity contribution in [3.05, 3.63) is 48.3 Å². The van der Waals surface area contributed by atoms with Gasteiger partial charge in [-0.3, -0.25) is 0 Å². The van der Waals surface area contributed by atoms with Crippen LogP contribution >= 0.6 is 0 Å². The molecule has 0 aliphatic rings. The van der Waals surface area contributed by atoms with Gasteiger partial charge >= 0.3 is 0 Å². The van der Waals surface area contributed by atoms with Crippen LogP contribution in [0, 0.1) is 6.92 Å². The third-order valence-electron chi connectivity index (χ3n) is 3.94. The number of hydrogen-bond donors (Lipinski definition) is 2. The minimum absolute atomic E-state index is 0.462. The highest BCUT2D eigenvalue weighted by atomic mass is 15.1. The van der Waals surface area contributed by atoms with Crippen LogP contribution in [0.2, 0.25) is 0 Å². The van der Waals surface area contributed by atoms with E-state index in [9.17, 15) is 0 Å². The maximum absolute atomic E-state index is 5.71. The number of nitrogen functional groups attached to an aromatic ring is 1. The SMILES string of the molecule is CCN(CCNc1ncnc2nc(N)ccc12)c1cccc(C)c1. The largest absolute Gasteiger partial charge is 0.384 e. The summed E-state index contributed by atoms with van der Waals surface area (Å²) in [5.74, 6) is 1.25. The number of nitrogens with zero attached hydrogens (tertiary/aromatic N) is 4. The number of aromatic nitrogens is 3. The van der Waals surface area contributed by atoms with E-state index >= 15 is 0 Å². The molecule has 0 radical (unpaired) electrons. The second-order valence-electron chi connectivity index (χ2n) is 5.68. The topological polar surface area (TPSA) is 80.0 Å². The third-order valence-corrected chi connectivity index (χ3v) is 3.94. The summed E-state index contributed by atoms with van der Waals surface area (Å²) in [4.78, 5) is 15.1. The number of likely N-dealkylation sites (N-methyl/N-ethyl adjacent to an activating group) is 1. The highest BCUT2D eigenvalue weighted by Gasteiger charge is 2.07. The van der Waals surface area contributed by atoms with Crippen LogP contribution in [0.25, 0.3) is 11.0 Å². The molecule has 0 aliphatic heterocycles. The summed E-state index contributed by atoms with van der Waals surface area (Å²) in [6.07, 6.45) is 1.51. The van der Waals surface area contributed by atoms with Gasteiger partial charge in [0.25, 0.3) is 0 Å². The summed E-state index contributed by atoms with van der Waals surface area (Å²) in [5, 5.41) is 4.26. The molecule has 6 nitrogen and oxygen atoms in total. The van der Waals surface area contributed by atoms with Crippen molar-refractivity contribution in [2.24, 2.45) is 0 Å². The lowest BCUT2D eigenvalue weighted by Gasteiger charge is -2.24. The Labute approximate surface area is 141 Å². The first-order chi connectivity index (χ1) is 11.7. The quantitative estimate of drug-likeness (QED) is 0.726. The zero-order chi connectivity index (χ0) is 16.9. The fourth-order valence-corrected chi connectivity index (χ4v) is 2.70. The van der Waals surface area contributed by atoms with Gasteiger partial charge < -0.3 is 16.0 Å². The predicted octanol–water partition coefficient (Wildman–Crippen LogP) is 2.85. The lowest BCUT2D eigenvalue weighted by atomic mass is 10.2. The average molecular weight is 322 g/mol. The monoisotopic (exact) mass is 322 g/mol. The number of pyridine rings is 1. The number of nitrogens with two attached hydrogens (primary N) is 1. The van der Waals surface area contributed by atoms with Gasteiger partial charge in [0.2, 0.25) is 0 Å². The molecule has 0 unspecified atom stereocenters. The van der Waals surface area contributed by atoms with E-state index in [0.29, 0.717) is 11.5 Å². The molecule has 2 aromatic heterocycles. The molecule has 0 fully saturated rings. The van der Waals surface area contributed by atoms with E-state index in [4.69, 9.17) is 5.73 Å². The number of nitrogens with one attached hydrogen (secondary N) is 1. The summed E-state index contributed by atoms with van der Waals surface area (Å²) >= 11 is 0. The molecule has 0 bridgehead atoms.